The van der Waals surface area contributed by atoms with Gasteiger partial charge in [0.2, 0.25) is 17.8 Å². The lowest BCUT2D eigenvalue weighted by Gasteiger charge is -2.17. The summed E-state index contributed by atoms with van der Waals surface area (Å²) in [7, 11) is 0. The largest absolute Gasteiger partial charge is 0.352 e. The molecule has 0 aliphatic carbocycles. The van der Waals surface area contributed by atoms with Crippen LogP contribution < -0.4 is 16.0 Å². The number of nitrogens with zero attached hydrogens (tertiary/aromatic N) is 3. The quantitative estimate of drug-likeness (QED) is 0.647. The molecule has 6 nitrogen and oxygen atoms in total. The van der Waals surface area contributed by atoms with Gasteiger partial charge >= 0.3 is 0 Å². The van der Waals surface area contributed by atoms with E-state index >= 15 is 0 Å². The molecule has 21 heavy (non-hydrogen) atoms. The molecular weight excluding hydrogens is 264 g/mol. The Kier molecular flexibility index (Phi) is 7.19. The summed E-state index contributed by atoms with van der Waals surface area (Å²) in [6.07, 6.45) is 3.07. The predicted octanol–water partition coefficient (Wildman–Crippen LogP) is 3.50. The van der Waals surface area contributed by atoms with Crippen LogP contribution in [-0.2, 0) is 0 Å². The lowest BCUT2D eigenvalue weighted by Crippen LogP contribution is -2.22. The van der Waals surface area contributed by atoms with E-state index < -0.39 is 0 Å². The molecule has 120 valence electrons. The standard InChI is InChI=1S/C15H30N6/c1-7-10(4)16-13-19-14(17-11(5)8-2)21-15(20-13)18-12(6)9-3/h10-12H,7-9H2,1-6H3,(H3,16,17,18,19,20,21)/t10-,11-,12-/m1/s1. The molecule has 0 spiro atoms. The van der Waals surface area contributed by atoms with Gasteiger partial charge in [-0.05, 0) is 40.0 Å². The molecular formula is C15H30N6. The molecule has 0 aromatic carbocycles. The highest BCUT2D eigenvalue weighted by Gasteiger charge is 2.11. The molecule has 3 N–H and O–H groups in total. The van der Waals surface area contributed by atoms with E-state index in [-0.39, 0.29) is 0 Å². The molecule has 1 rings (SSSR count). The molecule has 0 saturated heterocycles. The number of rotatable bonds is 9. The number of aromatic nitrogens is 3. The van der Waals surface area contributed by atoms with Crippen LogP contribution in [0.15, 0.2) is 0 Å². The van der Waals surface area contributed by atoms with E-state index in [2.05, 4.69) is 72.4 Å². The topological polar surface area (TPSA) is 74.8 Å². The molecule has 6 heteroatoms. The second kappa shape index (κ2) is 8.64. The van der Waals surface area contributed by atoms with Gasteiger partial charge in [0.1, 0.15) is 0 Å². The van der Waals surface area contributed by atoms with E-state index in [1.807, 2.05) is 0 Å². The maximum absolute atomic E-state index is 4.46. The second-order valence-corrected chi connectivity index (χ2v) is 5.67. The smallest absolute Gasteiger partial charge is 0.229 e. The molecule has 1 heterocycles. The summed E-state index contributed by atoms with van der Waals surface area (Å²) < 4.78 is 0. The summed E-state index contributed by atoms with van der Waals surface area (Å²) in [6.45, 7) is 12.8. The zero-order valence-electron chi connectivity index (χ0n) is 14.2. The fourth-order valence-corrected chi connectivity index (χ4v) is 1.54. The highest BCUT2D eigenvalue weighted by Crippen LogP contribution is 2.13. The third-order valence-electron chi connectivity index (χ3n) is 3.60. The van der Waals surface area contributed by atoms with Crippen LogP contribution in [0, 0.1) is 0 Å². The van der Waals surface area contributed by atoms with Gasteiger partial charge in [0.05, 0.1) is 0 Å². The average Bonchev–Trinajstić information content (AvgIpc) is 2.46. The van der Waals surface area contributed by atoms with Crippen LogP contribution >= 0.6 is 0 Å². The normalized spacial score (nSPS) is 15.1. The highest BCUT2D eigenvalue weighted by atomic mass is 15.3. The molecule has 0 saturated carbocycles. The fraction of sp³-hybridized carbons (Fsp3) is 0.800. The zero-order valence-corrected chi connectivity index (χ0v) is 14.2. The first-order valence-corrected chi connectivity index (χ1v) is 8.04. The van der Waals surface area contributed by atoms with Gasteiger partial charge in [-0.3, -0.25) is 0 Å². The Morgan fingerprint density at radius 3 is 1.05 bits per heavy atom. The maximum atomic E-state index is 4.46. The Morgan fingerprint density at radius 1 is 0.619 bits per heavy atom. The van der Waals surface area contributed by atoms with Crippen LogP contribution in [0.5, 0.6) is 0 Å². The first kappa shape index (κ1) is 17.5. The first-order valence-electron chi connectivity index (χ1n) is 8.04. The van der Waals surface area contributed by atoms with Gasteiger partial charge in [-0.25, -0.2) is 0 Å². The van der Waals surface area contributed by atoms with Crippen molar-refractivity contribution in [2.45, 2.75) is 78.9 Å². The Labute approximate surface area is 128 Å². The summed E-state index contributed by atoms with van der Waals surface area (Å²) in [5.41, 5.74) is 0. The van der Waals surface area contributed by atoms with Crippen molar-refractivity contribution < 1.29 is 0 Å². The lowest BCUT2D eigenvalue weighted by molar-refractivity contribution is 0.728. The Bertz CT molecular complexity index is 348. The summed E-state index contributed by atoms with van der Waals surface area (Å²) in [4.78, 5) is 13.4. The Hall–Kier alpha value is -1.59. The Balaban J connectivity index is 2.95. The maximum Gasteiger partial charge on any atom is 0.229 e. The van der Waals surface area contributed by atoms with Crippen molar-refractivity contribution in [3.8, 4) is 0 Å². The molecule has 0 bridgehead atoms. The second-order valence-electron chi connectivity index (χ2n) is 5.67. The molecule has 0 aliphatic heterocycles. The minimum atomic E-state index is 0.334. The van der Waals surface area contributed by atoms with Crippen LogP contribution in [0.3, 0.4) is 0 Å². The van der Waals surface area contributed by atoms with Gasteiger partial charge in [0.25, 0.3) is 0 Å². The van der Waals surface area contributed by atoms with E-state index in [1.165, 1.54) is 0 Å². The number of nitrogens with one attached hydrogen (secondary N) is 3. The van der Waals surface area contributed by atoms with Crippen molar-refractivity contribution in [3.05, 3.63) is 0 Å². The Morgan fingerprint density at radius 2 is 0.857 bits per heavy atom. The molecule has 1 aromatic heterocycles. The number of hydrogen-bond acceptors (Lipinski definition) is 6. The summed E-state index contributed by atoms with van der Waals surface area (Å²) in [5, 5.41) is 9.94. The molecule has 1 aromatic rings. The van der Waals surface area contributed by atoms with Crippen molar-refractivity contribution >= 4 is 17.8 Å². The van der Waals surface area contributed by atoms with Crippen molar-refractivity contribution in [3.63, 3.8) is 0 Å². The van der Waals surface area contributed by atoms with E-state index in [4.69, 9.17) is 0 Å². The minimum absolute atomic E-state index is 0.334. The SMILES string of the molecule is CC[C@@H](C)Nc1nc(N[C@H](C)CC)nc(N[C@H](C)CC)n1. The van der Waals surface area contributed by atoms with Gasteiger partial charge in [0, 0.05) is 18.1 Å². The van der Waals surface area contributed by atoms with Gasteiger partial charge in [-0.2, -0.15) is 15.0 Å². The van der Waals surface area contributed by atoms with Gasteiger partial charge in [-0.1, -0.05) is 20.8 Å². The number of hydrogen-bond donors (Lipinski definition) is 3. The predicted molar refractivity (Wildman–Crippen MR) is 90.0 cm³/mol. The molecule has 3 atom stereocenters. The molecule has 0 radical (unpaired) electrons. The van der Waals surface area contributed by atoms with Crippen LogP contribution in [0.1, 0.15) is 60.8 Å². The zero-order chi connectivity index (χ0) is 15.8. The third-order valence-corrected chi connectivity index (χ3v) is 3.60. The molecule has 0 aliphatic rings. The van der Waals surface area contributed by atoms with Gasteiger partial charge < -0.3 is 16.0 Å². The van der Waals surface area contributed by atoms with E-state index in [0.717, 1.165) is 19.3 Å². The van der Waals surface area contributed by atoms with Crippen molar-refractivity contribution in [1.29, 1.82) is 0 Å². The minimum Gasteiger partial charge on any atom is -0.352 e. The molecule has 0 amide bonds. The molecule has 0 fully saturated rings. The van der Waals surface area contributed by atoms with Crippen LogP contribution in [0.2, 0.25) is 0 Å². The highest BCUT2D eigenvalue weighted by molar-refractivity contribution is 5.43. The van der Waals surface area contributed by atoms with Crippen LogP contribution in [0.4, 0.5) is 17.8 Å². The van der Waals surface area contributed by atoms with E-state index in [9.17, 15) is 0 Å². The summed E-state index contributed by atoms with van der Waals surface area (Å²) in [5.74, 6) is 1.86. The van der Waals surface area contributed by atoms with Crippen LogP contribution in [0.25, 0.3) is 0 Å². The summed E-state index contributed by atoms with van der Waals surface area (Å²) >= 11 is 0. The average molecular weight is 294 g/mol. The monoisotopic (exact) mass is 294 g/mol. The van der Waals surface area contributed by atoms with Gasteiger partial charge in [0.15, 0.2) is 0 Å². The van der Waals surface area contributed by atoms with Crippen LogP contribution in [-0.4, -0.2) is 33.1 Å². The van der Waals surface area contributed by atoms with E-state index in [0.29, 0.717) is 36.0 Å². The number of anilines is 3. The molecule has 0 unspecified atom stereocenters. The lowest BCUT2D eigenvalue weighted by atomic mass is 10.3. The van der Waals surface area contributed by atoms with Crippen molar-refractivity contribution in [2.24, 2.45) is 0 Å². The van der Waals surface area contributed by atoms with Gasteiger partial charge in [-0.15, -0.1) is 0 Å². The van der Waals surface area contributed by atoms with Crippen molar-refractivity contribution in [1.82, 2.24) is 15.0 Å². The van der Waals surface area contributed by atoms with E-state index in [1.54, 1.807) is 0 Å². The fourth-order valence-electron chi connectivity index (χ4n) is 1.54. The first-order chi connectivity index (χ1) is 9.98. The third kappa shape index (κ3) is 6.14. The van der Waals surface area contributed by atoms with Crippen molar-refractivity contribution in [2.75, 3.05) is 16.0 Å². The summed E-state index contributed by atoms with van der Waals surface area (Å²) in [6, 6.07) is 1.00.